The second-order valence-electron chi connectivity index (χ2n) is 9.17. The molecular weight excluding hydrogens is 501 g/mol. The maximum absolute atomic E-state index is 13.9. The van der Waals surface area contributed by atoms with Crippen LogP contribution in [0.3, 0.4) is 0 Å². The predicted molar refractivity (Wildman–Crippen MR) is 147 cm³/mol. The molecule has 0 saturated carbocycles. The number of hydrogen-bond acceptors (Lipinski definition) is 2. The molecule has 0 bridgehead atoms. The smallest absolute Gasteiger partial charge is 0.308 e. The molecule has 3 aromatic carbocycles. The van der Waals surface area contributed by atoms with Crippen molar-refractivity contribution in [2.75, 3.05) is 5.32 Å². The molecular formula is C30H25ClFN5O. The second-order valence-corrected chi connectivity index (χ2v) is 9.61. The highest BCUT2D eigenvalue weighted by molar-refractivity contribution is 6.30. The molecule has 190 valence electrons. The zero-order valence-corrected chi connectivity index (χ0v) is 21.4. The number of fused-ring (bicyclic) bond motifs is 3. The van der Waals surface area contributed by atoms with Crippen molar-refractivity contribution in [3.63, 3.8) is 0 Å². The molecule has 1 aliphatic rings. The van der Waals surface area contributed by atoms with Gasteiger partial charge in [0.1, 0.15) is 11.6 Å². The molecule has 6 rings (SSSR count). The summed E-state index contributed by atoms with van der Waals surface area (Å²) in [6, 6.07) is 26.5. The summed E-state index contributed by atoms with van der Waals surface area (Å²) in [5.74, 6) is 0.563. The van der Waals surface area contributed by atoms with E-state index >= 15 is 0 Å². The number of nitrogens with zero attached hydrogens (tertiary/aromatic N) is 4. The Bertz CT molecular complexity index is 1590. The number of amides is 2. The molecule has 5 aromatic rings. The summed E-state index contributed by atoms with van der Waals surface area (Å²) in [4.78, 5) is 15.7. The van der Waals surface area contributed by atoms with Gasteiger partial charge in [-0.2, -0.15) is 5.10 Å². The van der Waals surface area contributed by atoms with E-state index in [-0.39, 0.29) is 11.8 Å². The van der Waals surface area contributed by atoms with Gasteiger partial charge in [-0.05, 0) is 72.6 Å². The van der Waals surface area contributed by atoms with Gasteiger partial charge >= 0.3 is 6.03 Å². The molecule has 1 N–H and O–H groups in total. The van der Waals surface area contributed by atoms with Gasteiger partial charge in [-0.15, -0.1) is 0 Å². The summed E-state index contributed by atoms with van der Waals surface area (Å²) in [7, 11) is 0. The van der Waals surface area contributed by atoms with Crippen molar-refractivity contribution in [1.29, 1.82) is 0 Å². The summed E-state index contributed by atoms with van der Waals surface area (Å²) in [6.45, 7) is 2.38. The van der Waals surface area contributed by atoms with Crippen LogP contribution in [-0.4, -0.2) is 25.3 Å². The topological polar surface area (TPSA) is 55.1 Å². The van der Waals surface area contributed by atoms with Gasteiger partial charge in [-0.25, -0.2) is 13.9 Å². The van der Waals surface area contributed by atoms with Gasteiger partial charge in [0.15, 0.2) is 0 Å². The van der Waals surface area contributed by atoms with Crippen molar-refractivity contribution in [3.05, 3.63) is 131 Å². The van der Waals surface area contributed by atoms with Crippen molar-refractivity contribution < 1.29 is 9.18 Å². The van der Waals surface area contributed by atoms with E-state index < -0.39 is 6.04 Å². The number of aromatic nitrogens is 3. The van der Waals surface area contributed by atoms with Gasteiger partial charge in [-0.1, -0.05) is 48.9 Å². The number of benzene rings is 3. The van der Waals surface area contributed by atoms with Crippen LogP contribution in [0.5, 0.6) is 0 Å². The first-order chi connectivity index (χ1) is 18.5. The maximum atomic E-state index is 13.9. The van der Waals surface area contributed by atoms with E-state index in [2.05, 4.69) is 16.8 Å². The number of hydrogen-bond donors (Lipinski definition) is 1. The van der Waals surface area contributed by atoms with Crippen molar-refractivity contribution in [3.8, 4) is 11.5 Å². The zero-order chi connectivity index (χ0) is 26.2. The Morgan fingerprint density at radius 2 is 1.74 bits per heavy atom. The van der Waals surface area contributed by atoms with E-state index in [4.69, 9.17) is 16.7 Å². The number of carbonyl (C=O) groups is 1. The minimum Gasteiger partial charge on any atom is -0.308 e. The minimum absolute atomic E-state index is 0.281. The number of aryl methyl sites for hydroxylation is 1. The van der Waals surface area contributed by atoms with Crippen LogP contribution in [0.2, 0.25) is 5.02 Å². The first kappa shape index (κ1) is 24.0. The Hall–Kier alpha value is -4.36. The summed E-state index contributed by atoms with van der Waals surface area (Å²) in [6.07, 6.45) is 2.69. The highest BCUT2D eigenvalue weighted by atomic mass is 35.5. The number of urea groups is 1. The van der Waals surface area contributed by atoms with Crippen molar-refractivity contribution >= 4 is 23.3 Å². The second kappa shape index (κ2) is 9.84. The van der Waals surface area contributed by atoms with Crippen LogP contribution in [-0.2, 0) is 13.0 Å². The molecule has 0 unspecified atom stereocenters. The van der Waals surface area contributed by atoms with Crippen LogP contribution in [0, 0.1) is 5.82 Å². The number of nitrogens with one attached hydrogen (secondary N) is 1. The SMILES string of the molecule is CCc1nn(-c2ccccc2)c2c1CN(C(=O)Nc1ccc(Cl)cc1)[C@@H](c1ccc(F)cc1)c1cccn1-2. The first-order valence-corrected chi connectivity index (χ1v) is 12.8. The average molecular weight is 526 g/mol. The zero-order valence-electron chi connectivity index (χ0n) is 20.7. The molecule has 3 heterocycles. The van der Waals surface area contributed by atoms with Gasteiger partial charge in [0, 0.05) is 22.5 Å². The molecule has 0 fully saturated rings. The fourth-order valence-corrected chi connectivity index (χ4v) is 5.20. The number of halogens is 2. The van der Waals surface area contributed by atoms with E-state index in [0.29, 0.717) is 23.7 Å². The molecule has 6 nitrogen and oxygen atoms in total. The van der Waals surface area contributed by atoms with Crippen LogP contribution >= 0.6 is 11.6 Å². The number of rotatable bonds is 4. The summed E-state index contributed by atoms with van der Waals surface area (Å²) < 4.78 is 18.0. The lowest BCUT2D eigenvalue weighted by Gasteiger charge is -2.31. The monoisotopic (exact) mass is 525 g/mol. The van der Waals surface area contributed by atoms with Crippen LogP contribution in [0.15, 0.2) is 97.2 Å². The molecule has 2 aromatic heterocycles. The number of carbonyl (C=O) groups excluding carboxylic acids is 1. The van der Waals surface area contributed by atoms with Crippen molar-refractivity contribution in [2.24, 2.45) is 0 Å². The third-order valence-corrected chi connectivity index (χ3v) is 7.10. The van der Waals surface area contributed by atoms with Gasteiger partial charge < -0.3 is 14.8 Å². The normalized spacial score (nSPS) is 14.5. The Balaban J connectivity index is 1.54. The molecule has 1 atom stereocenters. The van der Waals surface area contributed by atoms with E-state index in [1.807, 2.05) is 53.3 Å². The summed E-state index contributed by atoms with van der Waals surface area (Å²) in [5.41, 5.74) is 5.12. The maximum Gasteiger partial charge on any atom is 0.322 e. The number of anilines is 1. The first-order valence-electron chi connectivity index (χ1n) is 12.5. The third kappa shape index (κ3) is 4.25. The van der Waals surface area contributed by atoms with Gasteiger partial charge in [-0.3, -0.25) is 0 Å². The van der Waals surface area contributed by atoms with Crippen LogP contribution in [0.1, 0.15) is 35.5 Å². The molecule has 0 radical (unpaired) electrons. The van der Waals surface area contributed by atoms with Crippen molar-refractivity contribution in [1.82, 2.24) is 19.2 Å². The van der Waals surface area contributed by atoms with Crippen molar-refractivity contribution in [2.45, 2.75) is 25.9 Å². The largest absolute Gasteiger partial charge is 0.322 e. The highest BCUT2D eigenvalue weighted by Crippen LogP contribution is 2.39. The highest BCUT2D eigenvalue weighted by Gasteiger charge is 2.36. The minimum atomic E-state index is -0.473. The molecule has 0 spiro atoms. The van der Waals surface area contributed by atoms with Crippen LogP contribution in [0.4, 0.5) is 14.9 Å². The summed E-state index contributed by atoms with van der Waals surface area (Å²) in [5, 5.41) is 8.58. The lowest BCUT2D eigenvalue weighted by atomic mass is 10.0. The third-order valence-electron chi connectivity index (χ3n) is 6.85. The quantitative estimate of drug-likeness (QED) is 0.271. The summed E-state index contributed by atoms with van der Waals surface area (Å²) >= 11 is 6.05. The van der Waals surface area contributed by atoms with E-state index in [1.165, 1.54) is 12.1 Å². The van der Waals surface area contributed by atoms with Gasteiger partial charge in [0.05, 0.1) is 29.7 Å². The fourth-order valence-electron chi connectivity index (χ4n) is 5.07. The molecule has 2 amide bonds. The predicted octanol–water partition coefficient (Wildman–Crippen LogP) is 7.16. The van der Waals surface area contributed by atoms with Gasteiger partial charge in [0.2, 0.25) is 0 Å². The van der Waals surface area contributed by atoms with Gasteiger partial charge in [0.25, 0.3) is 0 Å². The van der Waals surface area contributed by atoms with E-state index in [9.17, 15) is 9.18 Å². The van der Waals surface area contributed by atoms with Crippen LogP contribution in [0.25, 0.3) is 11.5 Å². The standard InChI is InChI=1S/C30H25ClFN5O/c1-2-26-25-19-36(30(38)33-23-16-12-21(31)13-17-23)28(20-10-14-22(32)15-11-20)27-9-6-18-35(27)29(25)37(34-26)24-7-4-3-5-8-24/h3-18,28H,2,19H2,1H3,(H,33,38)/t28-/m0/s1. The molecule has 0 aliphatic carbocycles. The van der Waals surface area contributed by atoms with Crippen LogP contribution < -0.4 is 5.32 Å². The lowest BCUT2D eigenvalue weighted by molar-refractivity contribution is 0.194. The Morgan fingerprint density at radius 3 is 2.45 bits per heavy atom. The Morgan fingerprint density at radius 1 is 1.00 bits per heavy atom. The molecule has 1 aliphatic heterocycles. The number of para-hydroxylation sites is 1. The average Bonchev–Trinajstić information content (AvgIpc) is 3.52. The van der Waals surface area contributed by atoms with E-state index in [0.717, 1.165) is 34.0 Å². The fraction of sp³-hybridized carbons (Fsp3) is 0.133. The molecule has 8 heteroatoms. The van der Waals surface area contributed by atoms with E-state index in [1.54, 1.807) is 41.3 Å². The molecule has 38 heavy (non-hydrogen) atoms. The Kier molecular flexibility index (Phi) is 6.21. The Labute approximate surface area is 224 Å². The lowest BCUT2D eigenvalue weighted by Crippen LogP contribution is -2.38. The molecule has 0 saturated heterocycles.